The molecule has 0 fully saturated rings. The molecule has 0 aliphatic carbocycles. The molecular formula is C11H14FNO. The van der Waals surface area contributed by atoms with Crippen LogP contribution in [-0.2, 0) is 11.2 Å². The Bertz CT molecular complexity index is 312. The standard InChI is InChI=1S/C11H14FNO/c1-2-11(14)13-7-6-9-4-3-5-10(12)8-9/h3-5,8H,2,6-7H2,1H3,(H,13,14). The summed E-state index contributed by atoms with van der Waals surface area (Å²) < 4.78 is 12.7. The highest BCUT2D eigenvalue weighted by atomic mass is 19.1. The predicted molar refractivity (Wildman–Crippen MR) is 53.4 cm³/mol. The molecule has 0 spiro atoms. The zero-order valence-electron chi connectivity index (χ0n) is 8.22. The first-order valence-corrected chi connectivity index (χ1v) is 4.73. The van der Waals surface area contributed by atoms with Crippen molar-refractivity contribution >= 4 is 5.91 Å². The third-order valence-corrected chi connectivity index (χ3v) is 1.95. The summed E-state index contributed by atoms with van der Waals surface area (Å²) in [5.41, 5.74) is 0.904. The normalized spacial score (nSPS) is 9.86. The van der Waals surface area contributed by atoms with Gasteiger partial charge < -0.3 is 5.32 Å². The molecule has 0 radical (unpaired) electrons. The van der Waals surface area contributed by atoms with Crippen LogP contribution in [0.25, 0.3) is 0 Å². The fourth-order valence-electron chi connectivity index (χ4n) is 1.16. The SMILES string of the molecule is CCC(=O)NCCc1cccc(F)c1. The number of carbonyl (C=O) groups excluding carboxylic acids is 1. The van der Waals surface area contributed by atoms with Crippen LogP contribution in [0.1, 0.15) is 18.9 Å². The van der Waals surface area contributed by atoms with E-state index in [1.54, 1.807) is 13.0 Å². The van der Waals surface area contributed by atoms with Gasteiger partial charge >= 0.3 is 0 Å². The molecule has 1 aromatic rings. The van der Waals surface area contributed by atoms with Crippen molar-refractivity contribution in [2.45, 2.75) is 19.8 Å². The third kappa shape index (κ3) is 3.56. The minimum absolute atomic E-state index is 0.0291. The number of nitrogens with one attached hydrogen (secondary N) is 1. The average Bonchev–Trinajstić information content (AvgIpc) is 2.17. The molecule has 1 amide bonds. The largest absolute Gasteiger partial charge is 0.356 e. The summed E-state index contributed by atoms with van der Waals surface area (Å²) in [4.78, 5) is 10.9. The molecule has 0 saturated heterocycles. The van der Waals surface area contributed by atoms with Crippen LogP contribution < -0.4 is 5.32 Å². The van der Waals surface area contributed by atoms with Gasteiger partial charge in [0.1, 0.15) is 5.82 Å². The topological polar surface area (TPSA) is 29.1 Å². The van der Waals surface area contributed by atoms with E-state index >= 15 is 0 Å². The first-order valence-electron chi connectivity index (χ1n) is 4.73. The maximum Gasteiger partial charge on any atom is 0.219 e. The lowest BCUT2D eigenvalue weighted by atomic mass is 10.1. The van der Waals surface area contributed by atoms with E-state index in [-0.39, 0.29) is 11.7 Å². The summed E-state index contributed by atoms with van der Waals surface area (Å²) in [7, 11) is 0. The predicted octanol–water partition coefficient (Wildman–Crippen LogP) is 1.89. The lowest BCUT2D eigenvalue weighted by Gasteiger charge is -2.03. The van der Waals surface area contributed by atoms with Crippen LogP contribution >= 0.6 is 0 Å². The lowest BCUT2D eigenvalue weighted by molar-refractivity contribution is -0.120. The Morgan fingerprint density at radius 1 is 1.50 bits per heavy atom. The van der Waals surface area contributed by atoms with Crippen LogP contribution in [-0.4, -0.2) is 12.5 Å². The molecule has 0 aromatic heterocycles. The Labute approximate surface area is 83.1 Å². The summed E-state index contributed by atoms with van der Waals surface area (Å²) in [5.74, 6) is -0.203. The number of benzene rings is 1. The van der Waals surface area contributed by atoms with E-state index in [2.05, 4.69) is 5.32 Å². The van der Waals surface area contributed by atoms with Gasteiger partial charge in [-0.1, -0.05) is 19.1 Å². The highest BCUT2D eigenvalue weighted by molar-refractivity contribution is 5.75. The van der Waals surface area contributed by atoms with Gasteiger partial charge in [0, 0.05) is 13.0 Å². The lowest BCUT2D eigenvalue weighted by Crippen LogP contribution is -2.24. The van der Waals surface area contributed by atoms with Crippen molar-refractivity contribution in [1.29, 1.82) is 0 Å². The highest BCUT2D eigenvalue weighted by Crippen LogP contribution is 2.03. The van der Waals surface area contributed by atoms with Crippen LogP contribution in [0.3, 0.4) is 0 Å². The van der Waals surface area contributed by atoms with Crippen molar-refractivity contribution in [1.82, 2.24) is 5.32 Å². The number of hydrogen-bond acceptors (Lipinski definition) is 1. The summed E-state index contributed by atoms with van der Waals surface area (Å²) in [5, 5.41) is 2.74. The van der Waals surface area contributed by atoms with Crippen molar-refractivity contribution < 1.29 is 9.18 Å². The van der Waals surface area contributed by atoms with Crippen molar-refractivity contribution in [2.24, 2.45) is 0 Å². The van der Waals surface area contributed by atoms with Gasteiger partial charge in [-0.15, -0.1) is 0 Å². The zero-order valence-corrected chi connectivity index (χ0v) is 8.22. The minimum atomic E-state index is -0.232. The van der Waals surface area contributed by atoms with Gasteiger partial charge in [0.25, 0.3) is 0 Å². The van der Waals surface area contributed by atoms with E-state index in [0.29, 0.717) is 19.4 Å². The van der Waals surface area contributed by atoms with Crippen molar-refractivity contribution in [3.8, 4) is 0 Å². The Morgan fingerprint density at radius 3 is 2.93 bits per heavy atom. The second-order valence-corrected chi connectivity index (χ2v) is 3.08. The molecule has 1 N–H and O–H groups in total. The average molecular weight is 195 g/mol. The van der Waals surface area contributed by atoms with Crippen molar-refractivity contribution in [3.63, 3.8) is 0 Å². The Hall–Kier alpha value is -1.38. The number of hydrogen-bond donors (Lipinski definition) is 1. The summed E-state index contributed by atoms with van der Waals surface area (Å²) >= 11 is 0. The van der Waals surface area contributed by atoms with E-state index < -0.39 is 0 Å². The van der Waals surface area contributed by atoms with Crippen molar-refractivity contribution in [2.75, 3.05) is 6.54 Å². The van der Waals surface area contributed by atoms with Gasteiger partial charge in [-0.05, 0) is 24.1 Å². The molecule has 76 valence electrons. The van der Waals surface area contributed by atoms with Gasteiger partial charge in [-0.25, -0.2) is 4.39 Å². The molecule has 3 heteroatoms. The number of amides is 1. The highest BCUT2D eigenvalue weighted by Gasteiger charge is 1.97. The molecule has 0 aliphatic rings. The molecule has 0 heterocycles. The van der Waals surface area contributed by atoms with E-state index in [9.17, 15) is 9.18 Å². The smallest absolute Gasteiger partial charge is 0.219 e. The minimum Gasteiger partial charge on any atom is -0.356 e. The molecule has 0 atom stereocenters. The van der Waals surface area contributed by atoms with Crippen LogP contribution in [0.2, 0.25) is 0 Å². The fourth-order valence-corrected chi connectivity index (χ4v) is 1.16. The second-order valence-electron chi connectivity index (χ2n) is 3.08. The fraction of sp³-hybridized carbons (Fsp3) is 0.364. The van der Waals surface area contributed by atoms with Gasteiger partial charge in [-0.3, -0.25) is 4.79 Å². The van der Waals surface area contributed by atoms with Crippen LogP contribution in [0.15, 0.2) is 24.3 Å². The maximum atomic E-state index is 12.7. The van der Waals surface area contributed by atoms with Gasteiger partial charge in [0.2, 0.25) is 5.91 Å². The first kappa shape index (κ1) is 10.7. The third-order valence-electron chi connectivity index (χ3n) is 1.95. The van der Waals surface area contributed by atoms with Gasteiger partial charge in [0.05, 0.1) is 0 Å². The van der Waals surface area contributed by atoms with Crippen LogP contribution in [0.4, 0.5) is 4.39 Å². The molecule has 1 aromatic carbocycles. The number of rotatable bonds is 4. The van der Waals surface area contributed by atoms with E-state index in [1.807, 2.05) is 6.07 Å². The van der Waals surface area contributed by atoms with Crippen LogP contribution in [0, 0.1) is 5.82 Å². The van der Waals surface area contributed by atoms with Gasteiger partial charge in [-0.2, -0.15) is 0 Å². The molecule has 0 unspecified atom stereocenters. The monoisotopic (exact) mass is 195 g/mol. The second kappa shape index (κ2) is 5.37. The molecule has 14 heavy (non-hydrogen) atoms. The zero-order chi connectivity index (χ0) is 10.4. The molecule has 0 aliphatic heterocycles. The summed E-state index contributed by atoms with van der Waals surface area (Å²) in [6, 6.07) is 6.42. The molecule has 2 nitrogen and oxygen atoms in total. The Morgan fingerprint density at radius 2 is 2.29 bits per heavy atom. The van der Waals surface area contributed by atoms with Crippen LogP contribution in [0.5, 0.6) is 0 Å². The maximum absolute atomic E-state index is 12.7. The Balaban J connectivity index is 2.35. The van der Waals surface area contributed by atoms with E-state index in [4.69, 9.17) is 0 Å². The van der Waals surface area contributed by atoms with Gasteiger partial charge in [0.15, 0.2) is 0 Å². The molecule has 0 saturated carbocycles. The summed E-state index contributed by atoms with van der Waals surface area (Å²) in [6.07, 6.45) is 1.16. The molecule has 0 bridgehead atoms. The first-order chi connectivity index (χ1) is 6.72. The van der Waals surface area contributed by atoms with Crippen molar-refractivity contribution in [3.05, 3.63) is 35.6 Å². The van der Waals surface area contributed by atoms with E-state index in [1.165, 1.54) is 12.1 Å². The quantitative estimate of drug-likeness (QED) is 0.781. The summed E-state index contributed by atoms with van der Waals surface area (Å²) in [6.45, 7) is 2.37. The number of halogens is 1. The van der Waals surface area contributed by atoms with E-state index in [0.717, 1.165) is 5.56 Å². The molecule has 1 rings (SSSR count). The Kier molecular flexibility index (Phi) is 4.11. The molecular weight excluding hydrogens is 181 g/mol. The number of carbonyl (C=O) groups is 1.